The van der Waals surface area contributed by atoms with Gasteiger partial charge in [0.1, 0.15) is 5.69 Å². The topological polar surface area (TPSA) is 73.1 Å². The maximum absolute atomic E-state index is 10.2. The van der Waals surface area contributed by atoms with Crippen molar-refractivity contribution in [3.05, 3.63) is 23.5 Å². The van der Waals surface area contributed by atoms with Crippen LogP contribution in [0.3, 0.4) is 0 Å². The number of rotatable bonds is 2. The Morgan fingerprint density at radius 2 is 2.09 bits per heavy atom. The van der Waals surface area contributed by atoms with E-state index in [1.165, 1.54) is 12.3 Å². The molecule has 1 heterocycles. The number of hydrogen-bond donors (Lipinski definition) is 1. The fraction of sp³-hybridized carbons (Fsp3) is 0. The molecule has 0 saturated heterocycles. The SMILES string of the molecule is Nc1cc(C=O)cnc1C=O. The van der Waals surface area contributed by atoms with Gasteiger partial charge < -0.3 is 5.73 Å². The molecule has 0 bridgehead atoms. The summed E-state index contributed by atoms with van der Waals surface area (Å²) in [6.07, 6.45) is 2.47. The number of carbonyl (C=O) groups excluding carboxylic acids is 2. The molecule has 0 aliphatic heterocycles. The first-order chi connectivity index (χ1) is 5.27. The van der Waals surface area contributed by atoms with Gasteiger partial charge in [-0.25, -0.2) is 0 Å². The molecule has 2 N–H and O–H groups in total. The van der Waals surface area contributed by atoms with Gasteiger partial charge in [0.25, 0.3) is 0 Å². The number of anilines is 1. The van der Waals surface area contributed by atoms with E-state index in [4.69, 9.17) is 5.73 Å². The van der Waals surface area contributed by atoms with Crippen LogP contribution in [0.5, 0.6) is 0 Å². The van der Waals surface area contributed by atoms with E-state index >= 15 is 0 Å². The van der Waals surface area contributed by atoms with E-state index < -0.39 is 0 Å². The smallest absolute Gasteiger partial charge is 0.170 e. The van der Waals surface area contributed by atoms with Crippen molar-refractivity contribution in [2.24, 2.45) is 0 Å². The Hall–Kier alpha value is -1.71. The van der Waals surface area contributed by atoms with Gasteiger partial charge in [-0.05, 0) is 6.07 Å². The molecule has 0 aliphatic rings. The molecule has 0 saturated carbocycles. The maximum Gasteiger partial charge on any atom is 0.170 e. The summed E-state index contributed by atoms with van der Waals surface area (Å²) in [5.74, 6) is 0. The molecule has 4 nitrogen and oxygen atoms in total. The molecule has 11 heavy (non-hydrogen) atoms. The zero-order valence-electron chi connectivity index (χ0n) is 5.65. The number of carbonyl (C=O) groups is 2. The second-order valence-electron chi connectivity index (χ2n) is 1.98. The summed E-state index contributed by atoms with van der Waals surface area (Å²) in [6.45, 7) is 0. The van der Waals surface area contributed by atoms with E-state index in [-0.39, 0.29) is 11.4 Å². The lowest BCUT2D eigenvalue weighted by Gasteiger charge is -1.95. The third kappa shape index (κ3) is 1.40. The van der Waals surface area contributed by atoms with E-state index in [2.05, 4.69) is 4.98 Å². The molecule has 0 aliphatic carbocycles. The Labute approximate surface area is 63.0 Å². The Bertz CT molecular complexity index is 296. The number of aldehydes is 2. The summed E-state index contributed by atoms with van der Waals surface area (Å²) in [5.41, 5.74) is 6.11. The van der Waals surface area contributed by atoms with Crippen molar-refractivity contribution in [1.82, 2.24) is 4.98 Å². The molecule has 0 radical (unpaired) electrons. The zero-order chi connectivity index (χ0) is 8.27. The molecule has 0 atom stereocenters. The van der Waals surface area contributed by atoms with Gasteiger partial charge in [0.2, 0.25) is 0 Å². The molecule has 1 aromatic heterocycles. The number of nitrogens with two attached hydrogens (primary N) is 1. The van der Waals surface area contributed by atoms with E-state index in [1.54, 1.807) is 0 Å². The molecule has 4 heteroatoms. The quantitative estimate of drug-likeness (QED) is 0.615. The second kappa shape index (κ2) is 2.92. The third-order valence-corrected chi connectivity index (χ3v) is 1.22. The van der Waals surface area contributed by atoms with Crippen LogP contribution in [0.2, 0.25) is 0 Å². The third-order valence-electron chi connectivity index (χ3n) is 1.22. The lowest BCUT2D eigenvalue weighted by Crippen LogP contribution is -1.97. The van der Waals surface area contributed by atoms with Gasteiger partial charge in [-0.3, -0.25) is 14.6 Å². The lowest BCUT2D eigenvalue weighted by atomic mass is 10.2. The Balaban J connectivity index is 3.18. The van der Waals surface area contributed by atoms with Crippen LogP contribution in [-0.2, 0) is 0 Å². The molecule has 0 spiro atoms. The monoisotopic (exact) mass is 150 g/mol. The van der Waals surface area contributed by atoms with E-state index in [0.717, 1.165) is 0 Å². The van der Waals surface area contributed by atoms with E-state index in [1.807, 2.05) is 0 Å². The molecule has 0 amide bonds. The first kappa shape index (κ1) is 7.40. The fourth-order valence-electron chi connectivity index (χ4n) is 0.672. The van der Waals surface area contributed by atoms with Crippen molar-refractivity contribution in [3.63, 3.8) is 0 Å². The first-order valence-electron chi connectivity index (χ1n) is 2.94. The van der Waals surface area contributed by atoms with Crippen LogP contribution in [-0.4, -0.2) is 17.6 Å². The lowest BCUT2D eigenvalue weighted by molar-refractivity contribution is 0.111. The van der Waals surface area contributed by atoms with E-state index in [9.17, 15) is 9.59 Å². The van der Waals surface area contributed by atoms with Gasteiger partial charge in [-0.1, -0.05) is 0 Å². The molecule has 56 valence electrons. The summed E-state index contributed by atoms with van der Waals surface area (Å²) in [4.78, 5) is 24.0. The van der Waals surface area contributed by atoms with Crippen molar-refractivity contribution >= 4 is 18.3 Å². The molecule has 0 aromatic carbocycles. The van der Waals surface area contributed by atoms with Crippen LogP contribution in [0.15, 0.2) is 12.3 Å². The molecule has 0 fully saturated rings. The zero-order valence-corrected chi connectivity index (χ0v) is 5.65. The number of nitrogens with zero attached hydrogens (tertiary/aromatic N) is 1. The summed E-state index contributed by atoms with van der Waals surface area (Å²) in [5, 5.41) is 0. The van der Waals surface area contributed by atoms with Gasteiger partial charge in [-0.2, -0.15) is 0 Å². The van der Waals surface area contributed by atoms with Crippen molar-refractivity contribution in [2.75, 3.05) is 5.73 Å². The Morgan fingerprint density at radius 3 is 2.55 bits per heavy atom. The van der Waals surface area contributed by atoms with Gasteiger partial charge in [0, 0.05) is 11.8 Å². The average Bonchev–Trinajstić information content (AvgIpc) is 2.04. The summed E-state index contributed by atoms with van der Waals surface area (Å²) < 4.78 is 0. The number of pyridine rings is 1. The second-order valence-corrected chi connectivity index (χ2v) is 1.98. The van der Waals surface area contributed by atoms with Crippen LogP contribution < -0.4 is 5.73 Å². The number of hydrogen-bond acceptors (Lipinski definition) is 4. The Kier molecular flexibility index (Phi) is 1.96. The highest BCUT2D eigenvalue weighted by atomic mass is 16.1. The fourth-order valence-corrected chi connectivity index (χ4v) is 0.672. The highest BCUT2D eigenvalue weighted by Crippen LogP contribution is 2.06. The predicted molar refractivity (Wildman–Crippen MR) is 39.4 cm³/mol. The van der Waals surface area contributed by atoms with Crippen molar-refractivity contribution in [3.8, 4) is 0 Å². The Morgan fingerprint density at radius 1 is 1.36 bits per heavy atom. The van der Waals surface area contributed by atoms with Gasteiger partial charge >= 0.3 is 0 Å². The van der Waals surface area contributed by atoms with Crippen LogP contribution in [0.1, 0.15) is 20.8 Å². The van der Waals surface area contributed by atoms with Gasteiger partial charge in [0.05, 0.1) is 5.69 Å². The van der Waals surface area contributed by atoms with Gasteiger partial charge in [-0.15, -0.1) is 0 Å². The van der Waals surface area contributed by atoms with Crippen LogP contribution in [0.25, 0.3) is 0 Å². The standard InChI is InChI=1S/C7H6N2O2/c8-6-1-5(3-10)2-9-7(6)4-11/h1-4H,8H2. The predicted octanol–water partition coefficient (Wildman–Crippen LogP) is 0.289. The molecule has 1 rings (SSSR count). The van der Waals surface area contributed by atoms with Crippen molar-refractivity contribution in [1.29, 1.82) is 0 Å². The number of nitrogen functional groups attached to an aromatic ring is 1. The summed E-state index contributed by atoms with van der Waals surface area (Å²) in [7, 11) is 0. The largest absolute Gasteiger partial charge is 0.397 e. The highest BCUT2D eigenvalue weighted by molar-refractivity contribution is 5.84. The van der Waals surface area contributed by atoms with Crippen LogP contribution in [0.4, 0.5) is 5.69 Å². The number of aromatic nitrogens is 1. The first-order valence-corrected chi connectivity index (χ1v) is 2.94. The maximum atomic E-state index is 10.2. The highest BCUT2D eigenvalue weighted by Gasteiger charge is 1.99. The minimum absolute atomic E-state index is 0.163. The van der Waals surface area contributed by atoms with Crippen molar-refractivity contribution < 1.29 is 9.59 Å². The molecular formula is C7H6N2O2. The summed E-state index contributed by atoms with van der Waals surface area (Å²) in [6, 6.07) is 1.41. The average molecular weight is 150 g/mol. The van der Waals surface area contributed by atoms with Crippen molar-refractivity contribution in [2.45, 2.75) is 0 Å². The van der Waals surface area contributed by atoms with Crippen LogP contribution in [0, 0.1) is 0 Å². The summed E-state index contributed by atoms with van der Waals surface area (Å²) >= 11 is 0. The van der Waals surface area contributed by atoms with Gasteiger partial charge in [0.15, 0.2) is 12.6 Å². The molecule has 1 aromatic rings. The van der Waals surface area contributed by atoms with Crippen LogP contribution >= 0.6 is 0 Å². The minimum Gasteiger partial charge on any atom is -0.397 e. The normalized spacial score (nSPS) is 9.09. The molecular weight excluding hydrogens is 144 g/mol. The minimum atomic E-state index is 0.163. The van der Waals surface area contributed by atoms with E-state index in [0.29, 0.717) is 18.1 Å². The molecule has 0 unspecified atom stereocenters.